The Bertz CT molecular complexity index is 591. The zero-order chi connectivity index (χ0) is 13.7. The predicted molar refractivity (Wildman–Crippen MR) is 74.7 cm³/mol. The van der Waals surface area contributed by atoms with Crippen molar-refractivity contribution in [3.05, 3.63) is 58.3 Å². The van der Waals surface area contributed by atoms with Gasteiger partial charge < -0.3 is 5.43 Å². The third kappa shape index (κ3) is 3.43. The van der Waals surface area contributed by atoms with Crippen LogP contribution in [0.1, 0.15) is 5.69 Å². The maximum atomic E-state index is 10.9. The van der Waals surface area contributed by atoms with Crippen molar-refractivity contribution in [1.82, 2.24) is 4.98 Å². The van der Waals surface area contributed by atoms with Gasteiger partial charge in [-0.1, -0.05) is 18.2 Å². The van der Waals surface area contributed by atoms with Gasteiger partial charge in [-0.25, -0.2) is 10.8 Å². The zero-order valence-corrected chi connectivity index (χ0v) is 10.8. The van der Waals surface area contributed by atoms with Gasteiger partial charge >= 0.3 is 0 Å². The van der Waals surface area contributed by atoms with Gasteiger partial charge in [0.2, 0.25) is 0 Å². The van der Waals surface area contributed by atoms with Crippen LogP contribution in [0.25, 0.3) is 0 Å². The maximum absolute atomic E-state index is 10.9. The van der Waals surface area contributed by atoms with Crippen molar-refractivity contribution in [2.75, 3.05) is 5.43 Å². The molecular formula is C12H12N4O2S. The predicted octanol–water partition coefficient (Wildman–Crippen LogP) is 2.57. The van der Waals surface area contributed by atoms with Gasteiger partial charge in [0.1, 0.15) is 5.82 Å². The van der Waals surface area contributed by atoms with Gasteiger partial charge in [-0.2, -0.15) is 0 Å². The van der Waals surface area contributed by atoms with E-state index in [1.807, 2.05) is 12.1 Å². The average Bonchev–Trinajstić information content (AvgIpc) is 2.45. The second-order valence-electron chi connectivity index (χ2n) is 3.67. The van der Waals surface area contributed by atoms with E-state index in [4.69, 9.17) is 5.84 Å². The standard InChI is InChI=1S/C12H12N4O2S/c13-15-12-7-3-4-9(14-12)8-19-11-6-2-1-5-10(11)16(17)18/h1-7H,8,13H2,(H,14,15). The minimum atomic E-state index is -0.381. The number of aromatic nitrogens is 1. The topological polar surface area (TPSA) is 94.1 Å². The number of benzene rings is 1. The van der Waals surface area contributed by atoms with E-state index in [1.165, 1.54) is 17.8 Å². The Morgan fingerprint density at radius 2 is 2.05 bits per heavy atom. The molecule has 3 N–H and O–H groups in total. The molecule has 6 nitrogen and oxygen atoms in total. The number of thioether (sulfide) groups is 1. The van der Waals surface area contributed by atoms with Crippen molar-refractivity contribution in [3.63, 3.8) is 0 Å². The quantitative estimate of drug-likeness (QED) is 0.377. The molecule has 0 atom stereocenters. The van der Waals surface area contributed by atoms with Gasteiger partial charge in [0.05, 0.1) is 15.5 Å². The van der Waals surface area contributed by atoms with Gasteiger partial charge in [-0.15, -0.1) is 11.8 Å². The smallest absolute Gasteiger partial charge is 0.282 e. The molecule has 0 radical (unpaired) electrons. The summed E-state index contributed by atoms with van der Waals surface area (Å²) in [5.74, 6) is 6.39. The molecule has 0 saturated heterocycles. The van der Waals surface area contributed by atoms with Crippen LogP contribution in [0, 0.1) is 10.1 Å². The molecule has 0 aliphatic rings. The second-order valence-corrected chi connectivity index (χ2v) is 4.69. The Balaban J connectivity index is 2.12. The first-order valence-corrected chi connectivity index (χ1v) is 6.48. The number of nitrogens with two attached hydrogens (primary N) is 1. The number of nitro benzene ring substituents is 1. The highest BCUT2D eigenvalue weighted by atomic mass is 32.2. The summed E-state index contributed by atoms with van der Waals surface area (Å²) in [5.41, 5.74) is 3.38. The van der Waals surface area contributed by atoms with Crippen molar-refractivity contribution < 1.29 is 4.92 Å². The van der Waals surface area contributed by atoms with Crippen LogP contribution in [0.2, 0.25) is 0 Å². The molecule has 0 spiro atoms. The number of nitrogen functional groups attached to an aromatic ring is 1. The SMILES string of the molecule is NNc1cccc(CSc2ccccc2[N+](=O)[O-])n1. The molecule has 0 aliphatic carbocycles. The fourth-order valence-corrected chi connectivity index (χ4v) is 2.45. The highest BCUT2D eigenvalue weighted by Gasteiger charge is 2.12. The number of para-hydroxylation sites is 1. The molecule has 19 heavy (non-hydrogen) atoms. The lowest BCUT2D eigenvalue weighted by Gasteiger charge is -2.04. The van der Waals surface area contributed by atoms with Crippen molar-refractivity contribution in [2.45, 2.75) is 10.6 Å². The Hall–Kier alpha value is -2.12. The number of pyridine rings is 1. The van der Waals surface area contributed by atoms with Gasteiger partial charge in [-0.05, 0) is 18.2 Å². The Morgan fingerprint density at radius 3 is 2.79 bits per heavy atom. The number of hydrazine groups is 1. The van der Waals surface area contributed by atoms with E-state index in [0.29, 0.717) is 16.5 Å². The van der Waals surface area contributed by atoms with E-state index < -0.39 is 0 Å². The molecule has 1 heterocycles. The molecule has 1 aromatic heterocycles. The molecule has 0 bridgehead atoms. The highest BCUT2D eigenvalue weighted by molar-refractivity contribution is 7.98. The lowest BCUT2D eigenvalue weighted by atomic mass is 10.3. The van der Waals surface area contributed by atoms with Crippen LogP contribution in [0.4, 0.5) is 11.5 Å². The molecular weight excluding hydrogens is 264 g/mol. The molecule has 0 saturated carbocycles. The van der Waals surface area contributed by atoms with E-state index in [0.717, 1.165) is 5.69 Å². The van der Waals surface area contributed by atoms with Gasteiger partial charge in [0.15, 0.2) is 0 Å². The summed E-state index contributed by atoms with van der Waals surface area (Å²) in [7, 11) is 0. The summed E-state index contributed by atoms with van der Waals surface area (Å²) in [6.45, 7) is 0. The average molecular weight is 276 g/mol. The van der Waals surface area contributed by atoms with E-state index >= 15 is 0 Å². The van der Waals surface area contributed by atoms with E-state index in [-0.39, 0.29) is 10.6 Å². The number of hydrogen-bond donors (Lipinski definition) is 2. The number of nitro groups is 1. The minimum absolute atomic E-state index is 0.112. The number of nitrogens with zero attached hydrogens (tertiary/aromatic N) is 2. The van der Waals surface area contributed by atoms with E-state index in [2.05, 4.69) is 10.4 Å². The second kappa shape index (κ2) is 6.17. The van der Waals surface area contributed by atoms with Crippen LogP contribution >= 0.6 is 11.8 Å². The maximum Gasteiger partial charge on any atom is 0.282 e. The van der Waals surface area contributed by atoms with Crippen LogP contribution in [0.5, 0.6) is 0 Å². The number of hydrogen-bond acceptors (Lipinski definition) is 6. The summed E-state index contributed by atoms with van der Waals surface area (Å²) < 4.78 is 0. The van der Waals surface area contributed by atoms with Gasteiger partial charge in [-0.3, -0.25) is 10.1 Å². The fraction of sp³-hybridized carbons (Fsp3) is 0.0833. The molecule has 7 heteroatoms. The van der Waals surface area contributed by atoms with E-state index in [1.54, 1.807) is 24.3 Å². The number of anilines is 1. The van der Waals surface area contributed by atoms with E-state index in [9.17, 15) is 10.1 Å². The summed E-state index contributed by atoms with van der Waals surface area (Å²) in [6, 6.07) is 12.1. The number of rotatable bonds is 5. The molecule has 98 valence electrons. The monoisotopic (exact) mass is 276 g/mol. The molecule has 1 aromatic carbocycles. The fourth-order valence-electron chi connectivity index (χ4n) is 1.52. The molecule has 0 aliphatic heterocycles. The largest absolute Gasteiger partial charge is 0.308 e. The van der Waals surface area contributed by atoms with Crippen LogP contribution in [-0.2, 0) is 5.75 Å². The van der Waals surface area contributed by atoms with Crippen molar-refractivity contribution >= 4 is 23.3 Å². The van der Waals surface area contributed by atoms with Crippen molar-refractivity contribution in [3.8, 4) is 0 Å². The lowest BCUT2D eigenvalue weighted by Crippen LogP contribution is -2.08. The van der Waals surface area contributed by atoms with Crippen LogP contribution in [-0.4, -0.2) is 9.91 Å². The summed E-state index contributed by atoms with van der Waals surface area (Å²) in [5, 5.41) is 10.9. The molecule has 0 unspecified atom stereocenters. The Kier molecular flexibility index (Phi) is 4.32. The molecule has 0 amide bonds. The summed E-state index contributed by atoms with van der Waals surface area (Å²) in [6.07, 6.45) is 0. The first kappa shape index (κ1) is 13.3. The molecule has 2 rings (SSSR count). The lowest BCUT2D eigenvalue weighted by molar-refractivity contribution is -0.387. The van der Waals surface area contributed by atoms with Gasteiger partial charge in [0, 0.05) is 11.8 Å². The third-order valence-electron chi connectivity index (χ3n) is 2.39. The third-order valence-corrected chi connectivity index (χ3v) is 3.49. The summed E-state index contributed by atoms with van der Waals surface area (Å²) in [4.78, 5) is 15.4. The van der Waals surface area contributed by atoms with Crippen LogP contribution < -0.4 is 11.3 Å². The Morgan fingerprint density at radius 1 is 1.26 bits per heavy atom. The van der Waals surface area contributed by atoms with Crippen LogP contribution in [0.3, 0.4) is 0 Å². The highest BCUT2D eigenvalue weighted by Crippen LogP contribution is 2.30. The Labute approximate surface area is 114 Å². The minimum Gasteiger partial charge on any atom is -0.308 e. The normalized spacial score (nSPS) is 10.2. The first-order valence-electron chi connectivity index (χ1n) is 5.49. The van der Waals surface area contributed by atoms with Crippen LogP contribution in [0.15, 0.2) is 47.4 Å². The first-order chi connectivity index (χ1) is 9.20. The molecule has 0 fully saturated rings. The number of nitrogens with one attached hydrogen (secondary N) is 1. The van der Waals surface area contributed by atoms with Gasteiger partial charge in [0.25, 0.3) is 5.69 Å². The van der Waals surface area contributed by atoms with Crippen molar-refractivity contribution in [1.29, 1.82) is 0 Å². The zero-order valence-electron chi connectivity index (χ0n) is 9.95. The summed E-state index contributed by atoms with van der Waals surface area (Å²) >= 11 is 1.37. The van der Waals surface area contributed by atoms with Crippen molar-refractivity contribution in [2.24, 2.45) is 5.84 Å². The molecule has 2 aromatic rings.